The lowest BCUT2D eigenvalue weighted by Gasteiger charge is -2.28. The number of carbonyl (C=O) groups excluding carboxylic acids is 2. The van der Waals surface area contributed by atoms with Crippen LogP contribution in [0.25, 0.3) is 10.9 Å². The van der Waals surface area contributed by atoms with Gasteiger partial charge in [-0.15, -0.1) is 0 Å². The smallest absolute Gasteiger partial charge is 0.254 e. The maximum Gasteiger partial charge on any atom is 0.254 e. The fourth-order valence-electron chi connectivity index (χ4n) is 5.63. The number of halogens is 4. The molecule has 1 fully saturated rings. The highest BCUT2D eigenvalue weighted by Gasteiger charge is 2.44. The summed E-state index contributed by atoms with van der Waals surface area (Å²) >= 11 is 25.2. The number of fused-ring (bicyclic) bond motifs is 1. The molecule has 4 aromatic rings. The highest BCUT2D eigenvalue weighted by Crippen LogP contribution is 2.41. The number of ketones is 1. The molecule has 2 unspecified atom stereocenters. The Bertz CT molecular complexity index is 1560. The van der Waals surface area contributed by atoms with Crippen LogP contribution in [0.4, 0.5) is 0 Å². The van der Waals surface area contributed by atoms with E-state index in [9.17, 15) is 9.59 Å². The Kier molecular flexibility index (Phi) is 7.79. The van der Waals surface area contributed by atoms with E-state index in [0.29, 0.717) is 56.2 Å². The van der Waals surface area contributed by atoms with Gasteiger partial charge < -0.3 is 9.47 Å². The van der Waals surface area contributed by atoms with Gasteiger partial charge in [-0.05, 0) is 67.3 Å². The second kappa shape index (κ2) is 10.9. The lowest BCUT2D eigenvalue weighted by atomic mass is 9.85. The summed E-state index contributed by atoms with van der Waals surface area (Å²) in [4.78, 5) is 29.9. The van der Waals surface area contributed by atoms with Gasteiger partial charge in [-0.2, -0.15) is 0 Å². The second-order valence-electron chi connectivity index (χ2n) is 9.46. The molecule has 0 N–H and O–H groups in total. The van der Waals surface area contributed by atoms with E-state index >= 15 is 0 Å². The van der Waals surface area contributed by atoms with Crippen LogP contribution < -0.4 is 0 Å². The number of likely N-dealkylation sites (tertiary alicyclic amines) is 1. The molecule has 3 aromatic carbocycles. The lowest BCUT2D eigenvalue weighted by molar-refractivity contribution is 0.0662. The number of aryl methyl sites for hydroxylation is 1. The molecule has 1 aromatic heterocycles. The summed E-state index contributed by atoms with van der Waals surface area (Å²) in [5.74, 6) is -0.613. The first kappa shape index (κ1) is 27.1. The van der Waals surface area contributed by atoms with Crippen molar-refractivity contribution in [2.75, 3.05) is 6.54 Å². The minimum atomic E-state index is -0.726. The third kappa shape index (κ3) is 4.62. The van der Waals surface area contributed by atoms with Gasteiger partial charge in [0.1, 0.15) is 6.04 Å². The van der Waals surface area contributed by atoms with Crippen molar-refractivity contribution in [1.82, 2.24) is 9.47 Å². The van der Waals surface area contributed by atoms with E-state index < -0.39 is 6.04 Å². The average molecular weight is 588 g/mol. The zero-order chi connectivity index (χ0) is 27.1. The Morgan fingerprint density at radius 3 is 2.37 bits per heavy atom. The number of rotatable bonds is 6. The van der Waals surface area contributed by atoms with Crippen molar-refractivity contribution in [2.24, 2.45) is 0 Å². The quantitative estimate of drug-likeness (QED) is 0.212. The van der Waals surface area contributed by atoms with Gasteiger partial charge in [0.05, 0.1) is 20.1 Å². The number of nitrogens with zero attached hydrogens (tertiary/aromatic N) is 2. The molecule has 0 saturated carbocycles. The number of carbonyl (C=O) groups is 2. The van der Waals surface area contributed by atoms with Crippen LogP contribution in [-0.2, 0) is 13.0 Å². The molecule has 0 bridgehead atoms. The normalized spacial score (nSPS) is 17.4. The fourth-order valence-corrected chi connectivity index (χ4v) is 6.40. The molecule has 0 spiro atoms. The van der Waals surface area contributed by atoms with Crippen molar-refractivity contribution in [1.29, 1.82) is 0 Å². The first-order valence-electron chi connectivity index (χ1n) is 12.6. The lowest BCUT2D eigenvalue weighted by Crippen LogP contribution is -2.43. The van der Waals surface area contributed by atoms with Gasteiger partial charge >= 0.3 is 0 Å². The number of Topliss-reactive ketones (excluding diaryl/α,β-unsaturated/α-hetero) is 1. The standard InChI is InChI=1S/C30H26Cl4N2O2/c1-3-18-21(10-12-24(32)27(18)34)29(37)28-20(22-16-35(4-2)26-8-6-5-7-19(22)26)13-14-36(28)30(38)17-9-11-23(31)25(33)15-17/h5-12,15-16,20,28H,3-4,13-14H2,1-2H3. The number of para-hydroxylation sites is 1. The number of hydrogen-bond donors (Lipinski definition) is 0. The molecule has 0 radical (unpaired) electrons. The average Bonchev–Trinajstić information content (AvgIpc) is 3.52. The number of amides is 1. The fraction of sp³-hybridized carbons (Fsp3) is 0.267. The van der Waals surface area contributed by atoms with E-state index in [1.807, 2.05) is 19.1 Å². The van der Waals surface area contributed by atoms with Gasteiger partial charge in [0, 0.05) is 47.2 Å². The summed E-state index contributed by atoms with van der Waals surface area (Å²) in [7, 11) is 0. The zero-order valence-corrected chi connectivity index (χ0v) is 24.0. The first-order valence-corrected chi connectivity index (χ1v) is 14.1. The van der Waals surface area contributed by atoms with Gasteiger partial charge in [0.2, 0.25) is 0 Å². The summed E-state index contributed by atoms with van der Waals surface area (Å²) in [6, 6.07) is 15.6. The van der Waals surface area contributed by atoms with Crippen molar-refractivity contribution in [2.45, 2.75) is 45.2 Å². The van der Waals surface area contributed by atoms with Crippen LogP contribution in [0.15, 0.2) is 60.8 Å². The van der Waals surface area contributed by atoms with Crippen molar-refractivity contribution >= 4 is 69.0 Å². The van der Waals surface area contributed by atoms with Crippen LogP contribution in [-0.4, -0.2) is 33.7 Å². The van der Waals surface area contributed by atoms with Crippen LogP contribution in [0, 0.1) is 0 Å². The third-order valence-corrected chi connectivity index (χ3v) is 9.05. The number of hydrogen-bond acceptors (Lipinski definition) is 2. The molecule has 1 aliphatic heterocycles. The summed E-state index contributed by atoms with van der Waals surface area (Å²) in [6.07, 6.45) is 3.30. The zero-order valence-electron chi connectivity index (χ0n) is 21.0. The minimum Gasteiger partial charge on any atom is -0.347 e. The molecule has 1 amide bonds. The molecule has 4 nitrogen and oxygen atoms in total. The molecule has 196 valence electrons. The molecule has 0 aliphatic carbocycles. The molecule has 2 atom stereocenters. The van der Waals surface area contributed by atoms with Crippen molar-refractivity contribution < 1.29 is 9.59 Å². The Hall–Kier alpha value is -2.50. The number of benzene rings is 3. The summed E-state index contributed by atoms with van der Waals surface area (Å²) < 4.78 is 2.19. The van der Waals surface area contributed by atoms with Crippen LogP contribution in [0.3, 0.4) is 0 Å². The Balaban J connectivity index is 1.66. The highest BCUT2D eigenvalue weighted by molar-refractivity contribution is 6.43. The molecule has 2 heterocycles. The van der Waals surface area contributed by atoms with E-state index in [0.717, 1.165) is 23.0 Å². The molecule has 1 saturated heterocycles. The predicted molar refractivity (Wildman–Crippen MR) is 156 cm³/mol. The predicted octanol–water partition coefficient (Wildman–Crippen LogP) is 8.72. The molecule has 5 rings (SSSR count). The van der Waals surface area contributed by atoms with E-state index in [-0.39, 0.29) is 17.6 Å². The second-order valence-corrected chi connectivity index (χ2v) is 11.1. The first-order chi connectivity index (χ1) is 18.3. The molecular weight excluding hydrogens is 562 g/mol. The van der Waals surface area contributed by atoms with Crippen molar-refractivity contribution in [3.63, 3.8) is 0 Å². The minimum absolute atomic E-state index is 0.148. The van der Waals surface area contributed by atoms with Gasteiger partial charge in [-0.3, -0.25) is 9.59 Å². The molecular formula is C30H26Cl4N2O2. The molecule has 38 heavy (non-hydrogen) atoms. The third-order valence-electron chi connectivity index (χ3n) is 7.47. The van der Waals surface area contributed by atoms with Crippen molar-refractivity contribution in [3.05, 3.63) is 103 Å². The highest BCUT2D eigenvalue weighted by atomic mass is 35.5. The Labute approximate surface area is 242 Å². The monoisotopic (exact) mass is 586 g/mol. The Morgan fingerprint density at radius 2 is 1.66 bits per heavy atom. The molecule has 8 heteroatoms. The largest absolute Gasteiger partial charge is 0.347 e. The van der Waals surface area contributed by atoms with Gasteiger partial charge in [-0.25, -0.2) is 0 Å². The van der Waals surface area contributed by atoms with Crippen molar-refractivity contribution in [3.8, 4) is 0 Å². The van der Waals surface area contributed by atoms with Crippen LogP contribution in [0.1, 0.15) is 58.0 Å². The number of aromatic nitrogens is 1. The van der Waals surface area contributed by atoms with E-state index in [2.05, 4.69) is 29.8 Å². The maximum absolute atomic E-state index is 14.4. The summed E-state index contributed by atoms with van der Waals surface area (Å²) in [6.45, 7) is 5.25. The van der Waals surface area contributed by atoms with E-state index in [1.165, 1.54) is 0 Å². The van der Waals surface area contributed by atoms with Gasteiger partial charge in [0.25, 0.3) is 5.91 Å². The van der Waals surface area contributed by atoms with Crippen LogP contribution in [0.2, 0.25) is 20.1 Å². The van der Waals surface area contributed by atoms with E-state index in [4.69, 9.17) is 46.4 Å². The molecule has 1 aliphatic rings. The van der Waals surface area contributed by atoms with Crippen LogP contribution in [0.5, 0.6) is 0 Å². The topological polar surface area (TPSA) is 42.3 Å². The SMILES string of the molecule is CCc1c(C(=O)C2C(c3cn(CC)c4ccccc34)CCN2C(=O)c2ccc(Cl)c(Cl)c2)ccc(Cl)c1Cl. The Morgan fingerprint density at radius 1 is 0.921 bits per heavy atom. The summed E-state index contributed by atoms with van der Waals surface area (Å²) in [5.41, 5.74) is 3.73. The van der Waals surface area contributed by atoms with E-state index in [1.54, 1.807) is 35.2 Å². The van der Waals surface area contributed by atoms with Gasteiger partial charge in [-0.1, -0.05) is 71.5 Å². The van der Waals surface area contributed by atoms with Crippen LogP contribution >= 0.6 is 46.4 Å². The maximum atomic E-state index is 14.4. The van der Waals surface area contributed by atoms with Gasteiger partial charge in [0.15, 0.2) is 5.78 Å². The summed E-state index contributed by atoms with van der Waals surface area (Å²) in [5, 5.41) is 2.52.